The van der Waals surface area contributed by atoms with Crippen molar-refractivity contribution in [2.75, 3.05) is 10.6 Å². The fraction of sp³-hybridized carbons (Fsp3) is 0.111. The Morgan fingerprint density at radius 3 is 2.43 bits per heavy atom. The molecule has 0 unspecified atom stereocenters. The van der Waals surface area contributed by atoms with Gasteiger partial charge in [0, 0.05) is 25.1 Å². The quantitative estimate of drug-likeness (QED) is 0.657. The molecule has 1 amide bonds. The lowest BCUT2D eigenvalue weighted by Crippen LogP contribution is -2.34. The van der Waals surface area contributed by atoms with E-state index in [1.807, 2.05) is 0 Å². The first-order chi connectivity index (χ1) is 13.1. The third-order valence-electron chi connectivity index (χ3n) is 3.69. The van der Waals surface area contributed by atoms with Crippen molar-refractivity contribution in [3.63, 3.8) is 0 Å². The van der Waals surface area contributed by atoms with Gasteiger partial charge in [0.2, 0.25) is 15.9 Å². The van der Waals surface area contributed by atoms with Crippen LogP contribution in [0.2, 0.25) is 0 Å². The average molecular weight is 409 g/mol. The van der Waals surface area contributed by atoms with Crippen molar-refractivity contribution in [2.45, 2.75) is 6.92 Å². The minimum Gasteiger partial charge on any atom is -0.464 e. The number of fused-ring (bicyclic) bond motifs is 1. The maximum atomic E-state index is 14.0. The van der Waals surface area contributed by atoms with Crippen LogP contribution in [0.4, 0.5) is 14.5 Å². The van der Waals surface area contributed by atoms with Crippen molar-refractivity contribution >= 4 is 32.6 Å². The molecule has 28 heavy (non-hydrogen) atoms. The molecule has 1 heterocycles. The molecule has 7 nitrogen and oxygen atoms in total. The van der Waals surface area contributed by atoms with E-state index < -0.39 is 38.7 Å². The summed E-state index contributed by atoms with van der Waals surface area (Å²) in [5.74, 6) is -3.51. The molecule has 2 aromatic carbocycles. The number of amides is 1. The lowest BCUT2D eigenvalue weighted by atomic mass is 10.2. The molecule has 0 aliphatic carbocycles. The highest BCUT2D eigenvalue weighted by molar-refractivity contribution is 7.92. The van der Waals surface area contributed by atoms with Gasteiger partial charge in [0.25, 0.3) is 0 Å². The van der Waals surface area contributed by atoms with Crippen LogP contribution in [0.1, 0.15) is 6.92 Å². The van der Waals surface area contributed by atoms with Crippen LogP contribution in [-0.2, 0) is 14.8 Å². The SMILES string of the molecule is CC(=O)N(c1cc2occc(=O)c2cc1Oc1ccc(F)cc1F)S(C)(=O)=O. The molecule has 0 spiro atoms. The minimum atomic E-state index is -4.10. The Balaban J connectivity index is 2.30. The predicted octanol–water partition coefficient (Wildman–Crippen LogP) is 3.18. The van der Waals surface area contributed by atoms with Gasteiger partial charge in [0.05, 0.1) is 17.9 Å². The zero-order valence-corrected chi connectivity index (χ0v) is 15.4. The molecule has 0 aliphatic heterocycles. The summed E-state index contributed by atoms with van der Waals surface area (Å²) >= 11 is 0. The average Bonchev–Trinajstić information content (AvgIpc) is 2.57. The summed E-state index contributed by atoms with van der Waals surface area (Å²) in [5.41, 5.74) is -0.768. The second-order valence-corrected chi connectivity index (χ2v) is 7.66. The van der Waals surface area contributed by atoms with Gasteiger partial charge in [-0.3, -0.25) is 9.59 Å². The second-order valence-electron chi connectivity index (χ2n) is 5.82. The van der Waals surface area contributed by atoms with Crippen molar-refractivity contribution in [2.24, 2.45) is 0 Å². The number of benzene rings is 2. The summed E-state index contributed by atoms with van der Waals surface area (Å²) in [5, 5.41) is 0.0146. The van der Waals surface area contributed by atoms with E-state index in [0.717, 1.165) is 49.8 Å². The van der Waals surface area contributed by atoms with E-state index in [4.69, 9.17) is 9.15 Å². The number of halogens is 2. The highest BCUT2D eigenvalue weighted by atomic mass is 32.2. The van der Waals surface area contributed by atoms with E-state index in [2.05, 4.69) is 0 Å². The Bertz CT molecular complexity index is 1250. The van der Waals surface area contributed by atoms with Gasteiger partial charge in [0.1, 0.15) is 17.1 Å². The first-order valence-corrected chi connectivity index (χ1v) is 9.62. The molecule has 0 saturated heterocycles. The van der Waals surface area contributed by atoms with Gasteiger partial charge in [-0.2, -0.15) is 0 Å². The first-order valence-electron chi connectivity index (χ1n) is 7.77. The molecule has 10 heteroatoms. The molecule has 0 fully saturated rings. The highest BCUT2D eigenvalue weighted by Crippen LogP contribution is 2.37. The minimum absolute atomic E-state index is 0.00988. The lowest BCUT2D eigenvalue weighted by Gasteiger charge is -2.22. The maximum absolute atomic E-state index is 14.0. The largest absolute Gasteiger partial charge is 0.464 e. The van der Waals surface area contributed by atoms with Gasteiger partial charge in [-0.15, -0.1) is 0 Å². The Labute approximate surface area is 157 Å². The van der Waals surface area contributed by atoms with Crippen molar-refractivity contribution in [1.29, 1.82) is 0 Å². The van der Waals surface area contributed by atoms with Gasteiger partial charge >= 0.3 is 0 Å². The van der Waals surface area contributed by atoms with Crippen LogP contribution in [0.5, 0.6) is 11.5 Å². The summed E-state index contributed by atoms with van der Waals surface area (Å²) in [6.45, 7) is 1.01. The second kappa shape index (κ2) is 7.04. The van der Waals surface area contributed by atoms with Crippen LogP contribution in [0.3, 0.4) is 0 Å². The van der Waals surface area contributed by atoms with Crippen LogP contribution < -0.4 is 14.5 Å². The third kappa shape index (κ3) is 3.72. The predicted molar refractivity (Wildman–Crippen MR) is 96.9 cm³/mol. The topological polar surface area (TPSA) is 93.9 Å². The molecule has 0 radical (unpaired) electrons. The van der Waals surface area contributed by atoms with Crippen molar-refractivity contribution in [3.8, 4) is 11.5 Å². The van der Waals surface area contributed by atoms with Crippen molar-refractivity contribution in [1.82, 2.24) is 0 Å². The molecule has 0 aliphatic rings. The number of anilines is 1. The van der Waals surface area contributed by atoms with E-state index in [-0.39, 0.29) is 22.4 Å². The summed E-state index contributed by atoms with van der Waals surface area (Å²) in [6.07, 6.45) is 1.90. The van der Waals surface area contributed by atoms with E-state index in [9.17, 15) is 26.8 Å². The molecule has 1 aromatic heterocycles. The van der Waals surface area contributed by atoms with Crippen LogP contribution in [0.15, 0.2) is 51.9 Å². The Hall–Kier alpha value is -3.27. The van der Waals surface area contributed by atoms with Crippen LogP contribution >= 0.6 is 0 Å². The summed E-state index contributed by atoms with van der Waals surface area (Å²) in [4.78, 5) is 24.1. The summed E-state index contributed by atoms with van der Waals surface area (Å²) in [6, 6.07) is 5.88. The van der Waals surface area contributed by atoms with Crippen LogP contribution in [-0.4, -0.2) is 20.6 Å². The zero-order chi connectivity index (χ0) is 20.6. The fourth-order valence-corrected chi connectivity index (χ4v) is 3.56. The lowest BCUT2D eigenvalue weighted by molar-refractivity contribution is -0.115. The molecule has 3 aromatic rings. The molecule has 3 rings (SSSR count). The third-order valence-corrected chi connectivity index (χ3v) is 4.81. The van der Waals surface area contributed by atoms with E-state index in [1.54, 1.807) is 0 Å². The standard InChI is InChI=1S/C18H13F2NO6S/c1-10(22)21(28(2,24)25)14-9-17-12(15(23)5-6-26-17)8-18(14)27-16-4-3-11(19)7-13(16)20/h3-9H,1-2H3. The Kier molecular flexibility index (Phi) is 4.90. The molecule has 0 bridgehead atoms. The van der Waals surface area contributed by atoms with Crippen molar-refractivity contribution < 1.29 is 31.1 Å². The van der Waals surface area contributed by atoms with Crippen molar-refractivity contribution in [3.05, 3.63) is 64.5 Å². The highest BCUT2D eigenvalue weighted by Gasteiger charge is 2.27. The summed E-state index contributed by atoms with van der Waals surface area (Å²) in [7, 11) is -4.10. The fourth-order valence-electron chi connectivity index (χ4n) is 2.60. The number of ether oxygens (including phenoxy) is 1. The molecule has 0 N–H and O–H groups in total. The number of hydrogen-bond acceptors (Lipinski definition) is 6. The van der Waals surface area contributed by atoms with Gasteiger partial charge in [-0.1, -0.05) is 0 Å². The first kappa shape index (κ1) is 19.5. The molecule has 0 saturated carbocycles. The number of carbonyl (C=O) groups excluding carboxylic acids is 1. The number of hydrogen-bond donors (Lipinski definition) is 0. The molecular weight excluding hydrogens is 396 g/mol. The number of sulfonamides is 1. The molecular formula is C18H13F2NO6S. The van der Waals surface area contributed by atoms with Crippen LogP contribution in [0, 0.1) is 11.6 Å². The monoisotopic (exact) mass is 409 g/mol. The van der Waals surface area contributed by atoms with E-state index in [1.165, 1.54) is 0 Å². The van der Waals surface area contributed by atoms with Crippen LogP contribution in [0.25, 0.3) is 11.0 Å². The smallest absolute Gasteiger partial charge is 0.238 e. The normalized spacial score (nSPS) is 11.4. The Morgan fingerprint density at radius 1 is 1.11 bits per heavy atom. The van der Waals surface area contributed by atoms with Gasteiger partial charge in [0.15, 0.2) is 22.7 Å². The van der Waals surface area contributed by atoms with Gasteiger partial charge in [-0.25, -0.2) is 21.5 Å². The number of rotatable bonds is 4. The van der Waals surface area contributed by atoms with E-state index in [0.29, 0.717) is 10.4 Å². The molecule has 146 valence electrons. The van der Waals surface area contributed by atoms with Gasteiger partial charge < -0.3 is 9.15 Å². The number of nitrogens with zero attached hydrogens (tertiary/aromatic N) is 1. The zero-order valence-electron chi connectivity index (χ0n) is 14.6. The Morgan fingerprint density at radius 2 is 1.82 bits per heavy atom. The van der Waals surface area contributed by atoms with Gasteiger partial charge in [-0.05, 0) is 18.2 Å². The molecule has 0 atom stereocenters. The number of carbonyl (C=O) groups is 1. The maximum Gasteiger partial charge on any atom is 0.238 e. The summed E-state index contributed by atoms with van der Waals surface area (Å²) < 4.78 is 62.4. The van der Waals surface area contributed by atoms with E-state index >= 15 is 0 Å².